The van der Waals surface area contributed by atoms with Crippen molar-refractivity contribution in [3.05, 3.63) is 88.1 Å². The second-order valence-electron chi connectivity index (χ2n) is 8.29. The van der Waals surface area contributed by atoms with E-state index in [1.54, 1.807) is 36.4 Å². The Hall–Kier alpha value is -4.30. The Morgan fingerprint density at radius 2 is 1.70 bits per heavy atom. The molecule has 3 aromatic carbocycles. The van der Waals surface area contributed by atoms with Gasteiger partial charge < -0.3 is 20.1 Å². The third kappa shape index (κ3) is 5.01. The molecule has 0 aliphatic carbocycles. The molecular weight excluding hydrogens is 494 g/mol. The predicted octanol–water partition coefficient (Wildman–Crippen LogP) is 5.26. The van der Waals surface area contributed by atoms with Crippen LogP contribution in [0.5, 0.6) is 11.5 Å². The van der Waals surface area contributed by atoms with Crippen LogP contribution in [0.2, 0.25) is 0 Å². The molecule has 8 nitrogen and oxygen atoms in total. The van der Waals surface area contributed by atoms with Crippen LogP contribution < -0.4 is 25.0 Å². The number of carbonyl (C=O) groups is 3. The average molecular weight is 520 g/mol. The second-order valence-corrected chi connectivity index (χ2v) is 8.67. The molecular formula is C28H26ClN3O5. The average Bonchev–Trinajstić information content (AvgIpc) is 3.12. The molecule has 1 aliphatic heterocycles. The summed E-state index contributed by atoms with van der Waals surface area (Å²) >= 11 is 6.33. The van der Waals surface area contributed by atoms with E-state index < -0.39 is 11.8 Å². The summed E-state index contributed by atoms with van der Waals surface area (Å²) in [5, 5.41) is 5.64. The fourth-order valence-corrected chi connectivity index (χ4v) is 4.19. The highest BCUT2D eigenvalue weighted by Gasteiger charge is 2.40. The Balaban J connectivity index is 1.61. The van der Waals surface area contributed by atoms with E-state index in [1.807, 2.05) is 38.1 Å². The number of rotatable bonds is 8. The number of halogens is 1. The molecule has 0 bridgehead atoms. The van der Waals surface area contributed by atoms with Gasteiger partial charge in [-0.2, -0.15) is 0 Å². The summed E-state index contributed by atoms with van der Waals surface area (Å²) in [7, 11) is 2.93. The number of hydrogen-bond donors (Lipinski definition) is 2. The van der Waals surface area contributed by atoms with Crippen LogP contribution in [-0.2, 0) is 16.0 Å². The molecule has 0 atom stereocenters. The number of ether oxygens (including phenoxy) is 2. The zero-order valence-electron chi connectivity index (χ0n) is 20.8. The third-order valence-corrected chi connectivity index (χ3v) is 6.41. The van der Waals surface area contributed by atoms with Gasteiger partial charge in [-0.1, -0.05) is 42.8 Å². The molecule has 190 valence electrons. The van der Waals surface area contributed by atoms with E-state index in [2.05, 4.69) is 10.6 Å². The number of nitrogens with one attached hydrogen (secondary N) is 2. The van der Waals surface area contributed by atoms with Crippen molar-refractivity contribution in [1.29, 1.82) is 0 Å². The predicted molar refractivity (Wildman–Crippen MR) is 143 cm³/mol. The quantitative estimate of drug-likeness (QED) is 0.394. The van der Waals surface area contributed by atoms with Gasteiger partial charge in [-0.05, 0) is 54.8 Å². The highest BCUT2D eigenvalue weighted by Crippen LogP contribution is 2.38. The first kappa shape index (κ1) is 25.8. The SMILES string of the molecule is CCc1ccccc1NC(=O)c1ccc(C)c(NC2=C(Cl)C(=O)N(c3ccc(OC)cc3OC)C2=O)c1. The minimum atomic E-state index is -0.694. The van der Waals surface area contributed by atoms with Gasteiger partial charge in [0, 0.05) is 23.0 Å². The molecule has 4 rings (SSSR count). The van der Waals surface area contributed by atoms with Crippen LogP contribution >= 0.6 is 11.6 Å². The lowest BCUT2D eigenvalue weighted by atomic mass is 10.1. The molecule has 3 amide bonds. The van der Waals surface area contributed by atoms with Crippen LogP contribution in [0.25, 0.3) is 0 Å². The molecule has 0 radical (unpaired) electrons. The Kier molecular flexibility index (Phi) is 7.50. The monoisotopic (exact) mass is 519 g/mol. The molecule has 9 heteroatoms. The van der Waals surface area contributed by atoms with Gasteiger partial charge >= 0.3 is 0 Å². The Morgan fingerprint density at radius 3 is 2.41 bits per heavy atom. The van der Waals surface area contributed by atoms with Crippen LogP contribution in [0.3, 0.4) is 0 Å². The highest BCUT2D eigenvalue weighted by molar-refractivity contribution is 6.53. The van der Waals surface area contributed by atoms with Gasteiger partial charge in [0.05, 0.1) is 19.9 Å². The van der Waals surface area contributed by atoms with Crippen LogP contribution in [-0.4, -0.2) is 31.9 Å². The Morgan fingerprint density at radius 1 is 0.946 bits per heavy atom. The van der Waals surface area contributed by atoms with Crippen molar-refractivity contribution in [1.82, 2.24) is 0 Å². The summed E-state index contributed by atoms with van der Waals surface area (Å²) in [6.07, 6.45) is 0.773. The number of carbonyl (C=O) groups excluding carboxylic acids is 3. The third-order valence-electron chi connectivity index (χ3n) is 6.06. The first-order valence-electron chi connectivity index (χ1n) is 11.6. The minimum absolute atomic E-state index is 0.0958. The van der Waals surface area contributed by atoms with Gasteiger partial charge in [0.25, 0.3) is 17.7 Å². The van der Waals surface area contributed by atoms with Crippen LogP contribution in [0.1, 0.15) is 28.4 Å². The zero-order valence-corrected chi connectivity index (χ0v) is 21.6. The summed E-state index contributed by atoms with van der Waals surface area (Å²) in [4.78, 5) is 40.3. The van der Waals surface area contributed by atoms with E-state index in [4.69, 9.17) is 21.1 Å². The molecule has 0 spiro atoms. The maximum absolute atomic E-state index is 13.3. The van der Waals surface area contributed by atoms with E-state index >= 15 is 0 Å². The summed E-state index contributed by atoms with van der Waals surface area (Å²) in [6, 6.07) is 17.4. The molecule has 1 aliphatic rings. The van der Waals surface area contributed by atoms with Gasteiger partial charge in [-0.15, -0.1) is 0 Å². The van der Waals surface area contributed by atoms with E-state index in [-0.39, 0.29) is 28.1 Å². The summed E-state index contributed by atoms with van der Waals surface area (Å²) in [5.74, 6) is -0.870. The van der Waals surface area contributed by atoms with E-state index in [0.29, 0.717) is 17.0 Å². The largest absolute Gasteiger partial charge is 0.497 e. The van der Waals surface area contributed by atoms with Gasteiger partial charge in [-0.25, -0.2) is 4.90 Å². The van der Waals surface area contributed by atoms with Crippen molar-refractivity contribution in [2.75, 3.05) is 29.8 Å². The number of benzene rings is 3. The van der Waals surface area contributed by atoms with Crippen molar-refractivity contribution in [2.24, 2.45) is 0 Å². The number of hydrogen-bond acceptors (Lipinski definition) is 6. The first-order valence-corrected chi connectivity index (χ1v) is 11.9. The fraction of sp³-hybridized carbons (Fsp3) is 0.179. The summed E-state index contributed by atoms with van der Waals surface area (Å²) < 4.78 is 10.6. The van der Waals surface area contributed by atoms with Crippen molar-refractivity contribution in [3.8, 4) is 11.5 Å². The van der Waals surface area contributed by atoms with E-state index in [0.717, 1.165) is 28.1 Å². The standard InChI is InChI=1S/C28H26ClN3O5/c1-5-17-8-6-7-9-20(17)31-26(33)18-11-10-16(2)21(14-18)30-25-24(29)27(34)32(28(25)35)22-13-12-19(36-3)15-23(22)37-4/h6-15,30H,5H2,1-4H3,(H,31,33). The first-order chi connectivity index (χ1) is 17.8. The van der Waals surface area contributed by atoms with E-state index in [1.165, 1.54) is 14.2 Å². The number of nitrogens with zero attached hydrogens (tertiary/aromatic N) is 1. The summed E-state index contributed by atoms with van der Waals surface area (Å²) in [6.45, 7) is 3.83. The van der Waals surface area contributed by atoms with Gasteiger partial charge in [-0.3, -0.25) is 14.4 Å². The van der Waals surface area contributed by atoms with E-state index in [9.17, 15) is 14.4 Å². The number of amides is 3. The normalized spacial score (nSPS) is 13.2. The highest BCUT2D eigenvalue weighted by atomic mass is 35.5. The Bertz CT molecular complexity index is 1430. The molecule has 3 aromatic rings. The van der Waals surface area contributed by atoms with Crippen LogP contribution in [0.4, 0.5) is 17.1 Å². The maximum atomic E-state index is 13.3. The molecule has 0 aromatic heterocycles. The molecule has 0 saturated carbocycles. The minimum Gasteiger partial charge on any atom is -0.497 e. The molecule has 0 fully saturated rings. The zero-order chi connectivity index (χ0) is 26.7. The smallest absolute Gasteiger partial charge is 0.283 e. The molecule has 2 N–H and O–H groups in total. The van der Waals surface area contributed by atoms with Crippen molar-refractivity contribution in [3.63, 3.8) is 0 Å². The number of anilines is 3. The second kappa shape index (κ2) is 10.8. The molecule has 0 unspecified atom stereocenters. The molecule has 37 heavy (non-hydrogen) atoms. The molecule has 1 heterocycles. The lowest BCUT2D eigenvalue weighted by Gasteiger charge is -2.19. The number of para-hydroxylation sites is 1. The number of aryl methyl sites for hydroxylation is 2. The van der Waals surface area contributed by atoms with Crippen molar-refractivity contribution < 1.29 is 23.9 Å². The lowest BCUT2D eigenvalue weighted by molar-refractivity contribution is -0.120. The topological polar surface area (TPSA) is 97.0 Å². The van der Waals surface area contributed by atoms with Crippen LogP contribution in [0.15, 0.2) is 71.4 Å². The van der Waals surface area contributed by atoms with Crippen molar-refractivity contribution >= 4 is 46.4 Å². The fourth-order valence-electron chi connectivity index (χ4n) is 3.98. The lowest BCUT2D eigenvalue weighted by Crippen LogP contribution is -2.32. The van der Waals surface area contributed by atoms with Gasteiger partial charge in [0.2, 0.25) is 0 Å². The van der Waals surface area contributed by atoms with Gasteiger partial charge in [0.15, 0.2) is 0 Å². The van der Waals surface area contributed by atoms with Crippen molar-refractivity contribution in [2.45, 2.75) is 20.3 Å². The number of imide groups is 1. The maximum Gasteiger partial charge on any atom is 0.283 e. The van der Waals surface area contributed by atoms with Crippen LogP contribution in [0, 0.1) is 6.92 Å². The number of methoxy groups -OCH3 is 2. The Labute approximate surface area is 219 Å². The summed E-state index contributed by atoms with van der Waals surface area (Å²) in [5.41, 5.74) is 3.48. The molecule has 0 saturated heterocycles. The van der Waals surface area contributed by atoms with Gasteiger partial charge in [0.1, 0.15) is 22.2 Å².